The number of nitrogens with zero attached hydrogens (tertiary/aromatic N) is 1. The van der Waals surface area contributed by atoms with E-state index in [2.05, 4.69) is 15.6 Å². The lowest BCUT2D eigenvalue weighted by Crippen LogP contribution is -2.38. The van der Waals surface area contributed by atoms with E-state index in [1.54, 1.807) is 6.20 Å². The molecule has 0 spiro atoms. The summed E-state index contributed by atoms with van der Waals surface area (Å²) in [5, 5.41) is 7.61. The molecule has 2 aromatic rings. The number of pyridine rings is 1. The highest BCUT2D eigenvalue weighted by Crippen LogP contribution is 2.17. The molecular weight excluding hydrogens is 306 g/mol. The number of thiocarbonyl (C=S) groups is 1. The van der Waals surface area contributed by atoms with E-state index in [1.165, 1.54) is 0 Å². The molecule has 21 heavy (non-hydrogen) atoms. The number of nitrogens with one attached hydrogen (secondary N) is 2. The van der Waals surface area contributed by atoms with Gasteiger partial charge in [-0.25, -0.2) is 8.42 Å². The maximum atomic E-state index is 11.4. The summed E-state index contributed by atoms with van der Waals surface area (Å²) in [6.45, 7) is 0. The van der Waals surface area contributed by atoms with E-state index in [0.717, 1.165) is 16.6 Å². The van der Waals surface area contributed by atoms with Gasteiger partial charge in [-0.3, -0.25) is 4.98 Å². The monoisotopic (exact) mass is 321 g/mol. The topological polar surface area (TPSA) is 71.1 Å². The first-order chi connectivity index (χ1) is 10.0. The van der Waals surface area contributed by atoms with Crippen molar-refractivity contribution in [1.82, 2.24) is 10.3 Å². The summed E-state index contributed by atoms with van der Waals surface area (Å²) in [7, 11) is -2.90. The Balaban J connectivity index is 1.66. The van der Waals surface area contributed by atoms with Crippen LogP contribution in [0, 0.1) is 0 Å². The van der Waals surface area contributed by atoms with Gasteiger partial charge in [-0.2, -0.15) is 0 Å². The lowest BCUT2D eigenvalue weighted by molar-refractivity contribution is 0.600. The van der Waals surface area contributed by atoms with Crippen LogP contribution in [0.1, 0.15) is 6.42 Å². The molecule has 1 aromatic carbocycles. The Morgan fingerprint density at radius 3 is 2.95 bits per heavy atom. The number of anilines is 1. The molecular formula is C14H15N3O2S2. The molecule has 0 aliphatic carbocycles. The van der Waals surface area contributed by atoms with Crippen molar-refractivity contribution in [2.45, 2.75) is 12.5 Å². The fraction of sp³-hybridized carbons (Fsp3) is 0.286. The van der Waals surface area contributed by atoms with E-state index >= 15 is 0 Å². The molecule has 0 unspecified atom stereocenters. The summed E-state index contributed by atoms with van der Waals surface area (Å²) in [5.74, 6) is 0.380. The van der Waals surface area contributed by atoms with Crippen LogP contribution in [0.15, 0.2) is 36.5 Å². The maximum Gasteiger partial charge on any atom is 0.171 e. The maximum absolute atomic E-state index is 11.4. The first kappa shape index (κ1) is 14.2. The third-order valence-corrected chi connectivity index (χ3v) is 5.42. The zero-order valence-corrected chi connectivity index (χ0v) is 12.9. The third-order valence-electron chi connectivity index (χ3n) is 3.43. The van der Waals surface area contributed by atoms with E-state index < -0.39 is 9.84 Å². The van der Waals surface area contributed by atoms with Crippen LogP contribution in [0.3, 0.4) is 0 Å². The Kier molecular flexibility index (Phi) is 3.77. The highest BCUT2D eigenvalue weighted by Gasteiger charge is 2.28. The van der Waals surface area contributed by atoms with Gasteiger partial charge in [0.05, 0.1) is 17.0 Å². The fourth-order valence-corrected chi connectivity index (χ4v) is 4.37. The first-order valence-corrected chi connectivity index (χ1v) is 8.87. The van der Waals surface area contributed by atoms with Crippen molar-refractivity contribution >= 4 is 43.8 Å². The minimum absolute atomic E-state index is 0.0999. The summed E-state index contributed by atoms with van der Waals surface area (Å²) in [5.41, 5.74) is 1.78. The van der Waals surface area contributed by atoms with Gasteiger partial charge < -0.3 is 10.6 Å². The van der Waals surface area contributed by atoms with Crippen LogP contribution in [0.25, 0.3) is 10.9 Å². The highest BCUT2D eigenvalue weighted by atomic mass is 32.2. The molecule has 1 aromatic heterocycles. The molecule has 1 aliphatic rings. The Hall–Kier alpha value is -1.73. The number of rotatable bonds is 2. The minimum atomic E-state index is -2.90. The molecule has 1 saturated heterocycles. The molecule has 5 nitrogen and oxygen atoms in total. The zero-order valence-electron chi connectivity index (χ0n) is 11.2. The lowest BCUT2D eigenvalue weighted by atomic mass is 10.2. The summed E-state index contributed by atoms with van der Waals surface area (Å²) < 4.78 is 22.8. The quantitative estimate of drug-likeness (QED) is 0.821. The van der Waals surface area contributed by atoms with E-state index in [4.69, 9.17) is 12.2 Å². The molecule has 2 heterocycles. The average Bonchev–Trinajstić information content (AvgIpc) is 2.77. The van der Waals surface area contributed by atoms with Gasteiger partial charge in [0.2, 0.25) is 0 Å². The largest absolute Gasteiger partial charge is 0.359 e. The molecule has 3 rings (SSSR count). The lowest BCUT2D eigenvalue weighted by Gasteiger charge is -2.15. The number of hydrogen-bond donors (Lipinski definition) is 2. The molecule has 1 atom stereocenters. The first-order valence-electron chi connectivity index (χ1n) is 6.65. The van der Waals surface area contributed by atoms with Crippen molar-refractivity contribution in [2.24, 2.45) is 0 Å². The normalized spacial score (nSPS) is 20.3. The smallest absolute Gasteiger partial charge is 0.171 e. The average molecular weight is 321 g/mol. The Bertz CT molecular complexity index is 790. The van der Waals surface area contributed by atoms with Crippen LogP contribution in [0.4, 0.5) is 5.69 Å². The molecule has 0 amide bonds. The predicted octanol–water partition coefficient (Wildman–Crippen LogP) is 1.71. The Morgan fingerprint density at radius 2 is 2.19 bits per heavy atom. The zero-order chi connectivity index (χ0) is 14.9. The number of aromatic nitrogens is 1. The molecule has 110 valence electrons. The van der Waals surface area contributed by atoms with Gasteiger partial charge >= 0.3 is 0 Å². The molecule has 1 aliphatic heterocycles. The van der Waals surface area contributed by atoms with Gasteiger partial charge in [0.1, 0.15) is 0 Å². The van der Waals surface area contributed by atoms with Crippen molar-refractivity contribution in [3.05, 3.63) is 36.5 Å². The van der Waals surface area contributed by atoms with Gasteiger partial charge in [-0.05, 0) is 42.9 Å². The van der Waals surface area contributed by atoms with E-state index in [1.807, 2.05) is 30.3 Å². The van der Waals surface area contributed by atoms with Gasteiger partial charge in [0, 0.05) is 23.3 Å². The predicted molar refractivity (Wildman–Crippen MR) is 88.2 cm³/mol. The van der Waals surface area contributed by atoms with Gasteiger partial charge in [0.25, 0.3) is 0 Å². The molecule has 0 saturated carbocycles. The molecule has 7 heteroatoms. The summed E-state index contributed by atoms with van der Waals surface area (Å²) in [6, 6.07) is 9.54. The SMILES string of the molecule is O=S1(=O)CC[C@H](NC(=S)Nc2ccc3ncccc3c2)C1. The standard InChI is InChI=1S/C14H15N3O2S2/c18-21(19)7-5-12(9-21)17-14(20)16-11-3-4-13-10(8-11)2-1-6-15-13/h1-4,6,8,12H,5,7,9H2,(H2,16,17,20)/t12-/m0/s1. The second kappa shape index (κ2) is 5.57. The highest BCUT2D eigenvalue weighted by molar-refractivity contribution is 7.91. The summed E-state index contributed by atoms with van der Waals surface area (Å²) in [4.78, 5) is 4.26. The van der Waals surface area contributed by atoms with E-state index in [0.29, 0.717) is 11.5 Å². The van der Waals surface area contributed by atoms with Crippen LogP contribution in [0.2, 0.25) is 0 Å². The second-order valence-corrected chi connectivity index (χ2v) is 7.75. The third kappa shape index (κ3) is 3.48. The number of benzene rings is 1. The van der Waals surface area contributed by atoms with Gasteiger partial charge in [-0.15, -0.1) is 0 Å². The van der Waals surface area contributed by atoms with Crippen LogP contribution in [-0.4, -0.2) is 36.1 Å². The van der Waals surface area contributed by atoms with Crippen molar-refractivity contribution in [2.75, 3.05) is 16.8 Å². The van der Waals surface area contributed by atoms with E-state index in [9.17, 15) is 8.42 Å². The summed E-state index contributed by atoms with van der Waals surface area (Å²) in [6.07, 6.45) is 2.36. The van der Waals surface area contributed by atoms with Crippen molar-refractivity contribution in [3.8, 4) is 0 Å². The van der Waals surface area contributed by atoms with Gasteiger partial charge in [-0.1, -0.05) is 6.07 Å². The van der Waals surface area contributed by atoms with Crippen molar-refractivity contribution in [3.63, 3.8) is 0 Å². The number of fused-ring (bicyclic) bond motifs is 1. The van der Waals surface area contributed by atoms with Crippen LogP contribution < -0.4 is 10.6 Å². The van der Waals surface area contributed by atoms with Crippen molar-refractivity contribution in [1.29, 1.82) is 0 Å². The van der Waals surface area contributed by atoms with E-state index in [-0.39, 0.29) is 17.5 Å². The Labute approximate surface area is 128 Å². The second-order valence-electron chi connectivity index (χ2n) is 5.11. The van der Waals surface area contributed by atoms with Crippen LogP contribution in [0.5, 0.6) is 0 Å². The molecule has 1 fully saturated rings. The van der Waals surface area contributed by atoms with Crippen LogP contribution in [-0.2, 0) is 9.84 Å². The van der Waals surface area contributed by atoms with Crippen LogP contribution >= 0.6 is 12.2 Å². The van der Waals surface area contributed by atoms with Crippen molar-refractivity contribution < 1.29 is 8.42 Å². The molecule has 0 bridgehead atoms. The Morgan fingerprint density at radius 1 is 1.33 bits per heavy atom. The molecule has 0 radical (unpaired) electrons. The number of hydrogen-bond acceptors (Lipinski definition) is 4. The summed E-state index contributed by atoms with van der Waals surface area (Å²) >= 11 is 5.24. The minimum Gasteiger partial charge on any atom is -0.359 e. The fourth-order valence-electron chi connectivity index (χ4n) is 2.41. The van der Waals surface area contributed by atoms with Gasteiger partial charge in [0.15, 0.2) is 14.9 Å². The molecule has 2 N–H and O–H groups in total. The number of sulfone groups is 1.